The number of amides is 2. The molecule has 0 heterocycles. The van der Waals surface area contributed by atoms with Gasteiger partial charge in [-0.15, -0.1) is 0 Å². The van der Waals surface area contributed by atoms with E-state index in [1.165, 1.54) is 34.6 Å². The fourth-order valence-corrected chi connectivity index (χ4v) is 3.14. The van der Waals surface area contributed by atoms with Crippen LogP contribution in [-0.4, -0.2) is 68.7 Å². The van der Waals surface area contributed by atoms with Gasteiger partial charge >= 0.3 is 36.8 Å². The summed E-state index contributed by atoms with van der Waals surface area (Å²) in [6, 6.07) is 22.6. The molecule has 2 amide bonds. The summed E-state index contributed by atoms with van der Waals surface area (Å²) in [6.45, 7) is 9.86. The molecular weight excluding hydrogens is 701 g/mol. The van der Waals surface area contributed by atoms with Crippen molar-refractivity contribution in [1.29, 1.82) is 0 Å². The molecule has 0 saturated heterocycles. The fraction of sp³-hybridized carbons (Fsp3) is 0.351. The summed E-state index contributed by atoms with van der Waals surface area (Å²) < 4.78 is 8.83. The topological polar surface area (TPSA) is 282 Å². The number of nitrogens with one attached hydrogen (secondary N) is 2. The Kier molecular flexibility index (Phi) is 40.9. The number of carbonyl (C=O) groups excluding carboxylic acids is 5. The second-order valence-electron chi connectivity index (χ2n) is 10.2. The van der Waals surface area contributed by atoms with Gasteiger partial charge in [0.15, 0.2) is 0 Å². The Balaban J connectivity index is -0.000000191. The van der Waals surface area contributed by atoms with Gasteiger partial charge in [-0.3, -0.25) is 28.8 Å². The zero-order valence-electron chi connectivity index (χ0n) is 32.3. The Morgan fingerprint density at radius 2 is 0.833 bits per heavy atom. The first-order valence-corrected chi connectivity index (χ1v) is 15.6. The van der Waals surface area contributed by atoms with Gasteiger partial charge in [0.05, 0.1) is 13.2 Å². The minimum Gasteiger partial charge on any atom is -0.870 e. The molecule has 0 aliphatic carbocycles. The van der Waals surface area contributed by atoms with Gasteiger partial charge in [0, 0.05) is 68.3 Å². The summed E-state index contributed by atoms with van der Waals surface area (Å²) in [7, 11) is 1.00. The van der Waals surface area contributed by atoms with Crippen molar-refractivity contribution < 1.29 is 83.0 Å². The third-order valence-corrected chi connectivity index (χ3v) is 5.48. The van der Waals surface area contributed by atoms with Crippen molar-refractivity contribution in [2.45, 2.75) is 81.0 Å². The second kappa shape index (κ2) is 37.8. The molecule has 0 aromatic heterocycles. The molecule has 0 aliphatic heterocycles. The van der Waals surface area contributed by atoms with Crippen LogP contribution in [0.2, 0.25) is 0 Å². The molecule has 0 fully saturated rings. The molecule has 0 saturated carbocycles. The van der Waals surface area contributed by atoms with E-state index in [0.29, 0.717) is 19.6 Å². The predicted molar refractivity (Wildman–Crippen MR) is 195 cm³/mol. The fourth-order valence-electron chi connectivity index (χ4n) is 3.14. The minimum atomic E-state index is -0.833. The smallest absolute Gasteiger partial charge is 0.870 e. The zero-order chi connectivity index (χ0) is 40.5. The molecule has 0 radical (unpaired) electrons. The van der Waals surface area contributed by atoms with Crippen LogP contribution in [0.3, 0.4) is 0 Å². The average Bonchev–Trinajstić information content (AvgIpc) is 3.10. The summed E-state index contributed by atoms with van der Waals surface area (Å²) >= 11 is 0. The van der Waals surface area contributed by atoms with Crippen LogP contribution >= 0.6 is 0 Å². The predicted octanol–water partition coefficient (Wildman–Crippen LogP) is -0.539. The third-order valence-electron chi connectivity index (χ3n) is 5.48. The van der Waals surface area contributed by atoms with Gasteiger partial charge in [-0.05, 0) is 33.4 Å². The molecular formula is C37H54LiN3O13. The summed E-state index contributed by atoms with van der Waals surface area (Å²) in [5.74, 6) is -2.34. The van der Waals surface area contributed by atoms with Gasteiger partial charge in [-0.2, -0.15) is 0 Å². The van der Waals surface area contributed by atoms with Gasteiger partial charge in [-0.1, -0.05) is 72.8 Å². The second-order valence-corrected chi connectivity index (χ2v) is 10.2. The monoisotopic (exact) mass is 755 g/mol. The zero-order valence-corrected chi connectivity index (χ0v) is 32.3. The minimum absolute atomic E-state index is 0. The first kappa shape index (κ1) is 58.4. The van der Waals surface area contributed by atoms with Crippen molar-refractivity contribution in [2.75, 3.05) is 7.11 Å². The number of nitrogens with two attached hydrogens (primary N) is 1. The summed E-state index contributed by atoms with van der Waals surface area (Å²) in [5.41, 5.74) is 11.3. The Bertz CT molecular complexity index is 1380. The molecule has 54 heavy (non-hydrogen) atoms. The molecule has 296 valence electrons. The Labute approximate surface area is 328 Å². The summed E-state index contributed by atoms with van der Waals surface area (Å²) in [4.78, 5) is 60.5. The SMILES string of the molecule is CC(=O)NCc1ccc(CO)cc1.CC(=O)NCc1ccc(COC(C)=O)cc1.CC(=O)O.CC(=O)OC(C)=O.CO.NCc1ccc(CO)cc1.[Li+].[OH-]. The number of aliphatic hydroxyl groups excluding tert-OH is 3. The molecule has 16 nitrogen and oxygen atoms in total. The van der Waals surface area contributed by atoms with Crippen LogP contribution in [0.15, 0.2) is 72.8 Å². The van der Waals surface area contributed by atoms with Crippen molar-refractivity contribution >= 4 is 35.7 Å². The normalized spacial score (nSPS) is 8.57. The molecule has 0 unspecified atom stereocenters. The summed E-state index contributed by atoms with van der Waals surface area (Å²) in [6.07, 6.45) is 0. The molecule has 9 N–H and O–H groups in total. The first-order chi connectivity index (χ1) is 24.5. The van der Waals surface area contributed by atoms with Crippen molar-refractivity contribution in [3.8, 4) is 0 Å². The maximum Gasteiger partial charge on any atom is 1.00 e. The Morgan fingerprint density at radius 3 is 1.06 bits per heavy atom. The number of carbonyl (C=O) groups is 6. The Hall–Kier alpha value is -4.92. The van der Waals surface area contributed by atoms with Crippen LogP contribution in [0.1, 0.15) is 74.9 Å². The van der Waals surface area contributed by atoms with E-state index < -0.39 is 17.9 Å². The van der Waals surface area contributed by atoms with Gasteiger partial charge in [-0.25, -0.2) is 0 Å². The van der Waals surface area contributed by atoms with E-state index in [0.717, 1.165) is 47.4 Å². The number of hydrogen-bond donors (Lipinski definition) is 7. The number of aliphatic hydroxyl groups is 3. The van der Waals surface area contributed by atoms with E-state index in [9.17, 15) is 24.0 Å². The number of aliphatic carboxylic acids is 1. The van der Waals surface area contributed by atoms with Crippen molar-refractivity contribution in [3.05, 3.63) is 106 Å². The number of esters is 3. The first-order valence-electron chi connectivity index (χ1n) is 15.6. The van der Waals surface area contributed by atoms with E-state index in [2.05, 4.69) is 15.4 Å². The number of benzene rings is 3. The molecule has 3 rings (SSSR count). The molecule has 17 heteroatoms. The average molecular weight is 756 g/mol. The van der Waals surface area contributed by atoms with Crippen molar-refractivity contribution in [3.63, 3.8) is 0 Å². The van der Waals surface area contributed by atoms with Crippen LogP contribution in [-0.2, 0) is 77.7 Å². The van der Waals surface area contributed by atoms with Crippen molar-refractivity contribution in [2.24, 2.45) is 5.73 Å². The quantitative estimate of drug-likeness (QED) is 0.0821. The van der Waals surface area contributed by atoms with E-state index in [4.69, 9.17) is 35.7 Å². The van der Waals surface area contributed by atoms with Gasteiger partial charge in [0.2, 0.25) is 11.8 Å². The number of carboxylic acid groups (broad SMARTS) is 1. The largest absolute Gasteiger partial charge is 1.00 e. The molecule has 3 aromatic rings. The van der Waals surface area contributed by atoms with Crippen LogP contribution < -0.4 is 35.2 Å². The number of rotatable bonds is 9. The van der Waals surface area contributed by atoms with E-state index in [1.54, 1.807) is 0 Å². The standard InChI is InChI=1S/C12H15NO3.C10H13NO2.C8H11NO.C4H6O3.C2H4O2.CH4O.Li.H2O/c1-9(14)13-7-11-3-5-12(6-4-11)8-16-10(2)15;1-8(13)11-6-9-2-4-10(7-12)5-3-9;9-5-7-1-3-8(6-10)4-2-7;1-3(5)7-4(2)6;1-2(3)4;1-2;;/h3-6H,7-8H2,1-2H3,(H,13,14);2-5,12H,6-7H2,1H3,(H,11,13);1-4,10H,5-6,9H2;1-2H3;1H3,(H,3,4);2H,1H3;;1H2/q;;;;;;+1;/p-1. The van der Waals surface area contributed by atoms with Gasteiger partial charge in [0.25, 0.3) is 5.97 Å². The van der Waals surface area contributed by atoms with E-state index in [-0.39, 0.29) is 61.9 Å². The maximum absolute atomic E-state index is 10.7. The Morgan fingerprint density at radius 1 is 0.556 bits per heavy atom. The molecule has 3 aromatic carbocycles. The van der Waals surface area contributed by atoms with E-state index >= 15 is 0 Å². The molecule has 0 atom stereocenters. The molecule has 0 bridgehead atoms. The number of carboxylic acids is 1. The molecule has 0 spiro atoms. The molecule has 0 aliphatic rings. The van der Waals surface area contributed by atoms with Crippen LogP contribution in [0.5, 0.6) is 0 Å². The van der Waals surface area contributed by atoms with Crippen LogP contribution in [0, 0.1) is 0 Å². The maximum atomic E-state index is 10.7. The summed E-state index contributed by atoms with van der Waals surface area (Å²) in [5, 5.41) is 37.3. The number of ether oxygens (including phenoxy) is 2. The van der Waals surface area contributed by atoms with E-state index in [1.807, 2.05) is 72.8 Å². The van der Waals surface area contributed by atoms with Gasteiger partial charge < -0.3 is 51.7 Å². The third kappa shape index (κ3) is 39.9. The van der Waals surface area contributed by atoms with Crippen molar-refractivity contribution in [1.82, 2.24) is 10.6 Å². The number of hydrogen-bond acceptors (Lipinski definition) is 13. The van der Waals surface area contributed by atoms with Crippen LogP contribution in [0.4, 0.5) is 0 Å². The van der Waals surface area contributed by atoms with Gasteiger partial charge in [0.1, 0.15) is 6.61 Å². The van der Waals surface area contributed by atoms with Crippen LogP contribution in [0.25, 0.3) is 0 Å².